The van der Waals surface area contributed by atoms with Crippen molar-refractivity contribution in [3.05, 3.63) is 35.1 Å². The molecule has 0 amide bonds. The summed E-state index contributed by atoms with van der Waals surface area (Å²) in [4.78, 5) is 0. The van der Waals surface area contributed by atoms with Crippen LogP contribution < -0.4 is 5.73 Å². The highest BCUT2D eigenvalue weighted by Crippen LogP contribution is 2.17. The first-order valence-corrected chi connectivity index (χ1v) is 7.62. The lowest BCUT2D eigenvalue weighted by Crippen LogP contribution is -2.17. The zero-order valence-electron chi connectivity index (χ0n) is 10.2. The highest BCUT2D eigenvalue weighted by Gasteiger charge is 2.19. The second-order valence-electron chi connectivity index (χ2n) is 4.48. The Balaban J connectivity index is 1.98. The van der Waals surface area contributed by atoms with Gasteiger partial charge < -0.3 is 10.5 Å². The van der Waals surface area contributed by atoms with Crippen molar-refractivity contribution in [3.63, 3.8) is 0 Å². The average molecular weight is 271 g/mol. The molecule has 1 aromatic rings. The lowest BCUT2D eigenvalue weighted by atomic mass is 10.1. The largest absolute Gasteiger partial charge is 0.377 e. The fraction of sp³-hybridized carbons (Fsp3) is 0.538. The normalized spacial score (nSPS) is 21.1. The molecule has 5 heteroatoms. The van der Waals surface area contributed by atoms with E-state index in [2.05, 4.69) is 0 Å². The molecule has 0 radical (unpaired) electrons. The van der Waals surface area contributed by atoms with Crippen molar-refractivity contribution < 1.29 is 13.3 Å². The van der Waals surface area contributed by atoms with E-state index in [1.54, 1.807) is 18.2 Å². The van der Waals surface area contributed by atoms with E-state index >= 15 is 0 Å². The Hall–Kier alpha value is -0.780. The van der Waals surface area contributed by atoms with Crippen molar-refractivity contribution in [2.24, 2.45) is 5.73 Å². The van der Waals surface area contributed by atoms with Gasteiger partial charge in [0.25, 0.3) is 0 Å². The molecule has 1 saturated heterocycles. The van der Waals surface area contributed by atoms with Gasteiger partial charge in [0.2, 0.25) is 0 Å². The van der Waals surface area contributed by atoms with E-state index in [-0.39, 0.29) is 24.2 Å². The lowest BCUT2D eigenvalue weighted by molar-refractivity contribution is 0.128. The van der Waals surface area contributed by atoms with Gasteiger partial charge in [-0.1, -0.05) is 18.2 Å². The third kappa shape index (κ3) is 3.37. The molecular formula is C13H18FNO2S. The van der Waals surface area contributed by atoms with Gasteiger partial charge in [-0.3, -0.25) is 4.21 Å². The maximum absolute atomic E-state index is 13.9. The third-order valence-electron chi connectivity index (χ3n) is 3.09. The first kappa shape index (κ1) is 13.6. The number of rotatable bonds is 5. The molecule has 1 heterocycles. The standard InChI is InChI=1S/C13H18FNO2S/c14-13-10(7-15)3-1-4-11(13)8-18(16)9-12-5-2-6-17-12/h1,3-4,12H,2,5-9,15H2. The summed E-state index contributed by atoms with van der Waals surface area (Å²) in [7, 11) is -1.09. The molecule has 0 saturated carbocycles. The zero-order valence-corrected chi connectivity index (χ0v) is 11.0. The first-order chi connectivity index (χ1) is 8.70. The number of benzene rings is 1. The van der Waals surface area contributed by atoms with Gasteiger partial charge in [0.05, 0.1) is 17.6 Å². The van der Waals surface area contributed by atoms with Crippen molar-refractivity contribution in [3.8, 4) is 0 Å². The molecule has 1 aliphatic heterocycles. The van der Waals surface area contributed by atoms with Crippen LogP contribution in [0.2, 0.25) is 0 Å². The molecule has 1 aliphatic rings. The minimum atomic E-state index is -1.09. The van der Waals surface area contributed by atoms with Crippen LogP contribution in [-0.4, -0.2) is 22.7 Å². The molecule has 18 heavy (non-hydrogen) atoms. The SMILES string of the molecule is NCc1cccc(CS(=O)CC2CCCO2)c1F. The van der Waals surface area contributed by atoms with Crippen LogP contribution in [0.1, 0.15) is 24.0 Å². The number of hydrogen-bond donors (Lipinski definition) is 1. The molecular weight excluding hydrogens is 253 g/mol. The Morgan fingerprint density at radius 1 is 1.44 bits per heavy atom. The molecule has 0 aliphatic carbocycles. The maximum atomic E-state index is 13.9. The maximum Gasteiger partial charge on any atom is 0.131 e. The molecule has 0 spiro atoms. The van der Waals surface area contributed by atoms with Gasteiger partial charge in [-0.15, -0.1) is 0 Å². The van der Waals surface area contributed by atoms with Gasteiger partial charge in [-0.25, -0.2) is 4.39 Å². The molecule has 0 bridgehead atoms. The molecule has 3 nitrogen and oxygen atoms in total. The van der Waals surface area contributed by atoms with Crippen LogP contribution >= 0.6 is 0 Å². The first-order valence-electron chi connectivity index (χ1n) is 6.13. The van der Waals surface area contributed by atoms with E-state index in [0.29, 0.717) is 16.9 Å². The highest BCUT2D eigenvalue weighted by atomic mass is 32.2. The molecule has 100 valence electrons. The van der Waals surface area contributed by atoms with Crippen LogP contribution in [-0.2, 0) is 27.8 Å². The summed E-state index contributed by atoms with van der Waals surface area (Å²) >= 11 is 0. The number of nitrogens with two attached hydrogens (primary N) is 1. The molecule has 2 atom stereocenters. The minimum absolute atomic E-state index is 0.0755. The quantitative estimate of drug-likeness (QED) is 0.887. The number of halogens is 1. The third-order valence-corrected chi connectivity index (χ3v) is 4.47. The summed E-state index contributed by atoms with van der Waals surface area (Å²) in [6.07, 6.45) is 2.06. The summed E-state index contributed by atoms with van der Waals surface area (Å²) in [6.45, 7) is 0.914. The van der Waals surface area contributed by atoms with Crippen molar-refractivity contribution in [2.75, 3.05) is 12.4 Å². The van der Waals surface area contributed by atoms with Gasteiger partial charge in [-0.2, -0.15) is 0 Å². The van der Waals surface area contributed by atoms with E-state index < -0.39 is 10.8 Å². The second-order valence-corrected chi connectivity index (χ2v) is 5.98. The molecule has 2 unspecified atom stereocenters. The predicted molar refractivity (Wildman–Crippen MR) is 70.0 cm³/mol. The van der Waals surface area contributed by atoms with Gasteiger partial charge in [0, 0.05) is 35.1 Å². The van der Waals surface area contributed by atoms with Crippen molar-refractivity contribution in [1.82, 2.24) is 0 Å². The summed E-state index contributed by atoms with van der Waals surface area (Å²) in [5, 5.41) is 0. The summed E-state index contributed by atoms with van der Waals surface area (Å²) in [6, 6.07) is 5.08. The van der Waals surface area contributed by atoms with E-state index in [9.17, 15) is 8.60 Å². The Bertz CT molecular complexity index is 433. The van der Waals surface area contributed by atoms with Gasteiger partial charge >= 0.3 is 0 Å². The Morgan fingerprint density at radius 2 is 2.22 bits per heavy atom. The van der Waals surface area contributed by atoms with Crippen molar-refractivity contribution in [2.45, 2.75) is 31.2 Å². The molecule has 0 aromatic heterocycles. The van der Waals surface area contributed by atoms with Crippen molar-refractivity contribution in [1.29, 1.82) is 0 Å². The van der Waals surface area contributed by atoms with E-state index in [4.69, 9.17) is 10.5 Å². The lowest BCUT2D eigenvalue weighted by Gasteiger charge is -2.10. The molecule has 1 aromatic carbocycles. The van der Waals surface area contributed by atoms with Crippen molar-refractivity contribution >= 4 is 10.8 Å². The Morgan fingerprint density at radius 3 is 2.89 bits per heavy atom. The minimum Gasteiger partial charge on any atom is -0.377 e. The monoisotopic (exact) mass is 271 g/mol. The Labute approximate surface area is 109 Å². The summed E-state index contributed by atoms with van der Waals surface area (Å²) < 4.78 is 31.3. The van der Waals surface area contributed by atoms with Crippen LogP contribution in [0.15, 0.2) is 18.2 Å². The smallest absolute Gasteiger partial charge is 0.131 e. The predicted octanol–water partition coefficient (Wildman–Crippen LogP) is 1.71. The van der Waals surface area contributed by atoms with Crippen LogP contribution in [0.4, 0.5) is 4.39 Å². The second kappa shape index (κ2) is 6.41. The molecule has 1 fully saturated rings. The van der Waals surface area contributed by atoms with Crippen LogP contribution in [0.25, 0.3) is 0 Å². The average Bonchev–Trinajstić information content (AvgIpc) is 2.84. The molecule has 2 N–H and O–H groups in total. The molecule has 2 rings (SSSR count). The fourth-order valence-corrected chi connectivity index (χ4v) is 3.48. The summed E-state index contributed by atoms with van der Waals surface area (Å²) in [5.74, 6) is 0.409. The number of ether oxygens (including phenoxy) is 1. The fourth-order valence-electron chi connectivity index (χ4n) is 2.12. The summed E-state index contributed by atoms with van der Waals surface area (Å²) in [5.41, 5.74) is 6.40. The van der Waals surface area contributed by atoms with Gasteiger partial charge in [-0.05, 0) is 12.8 Å². The topological polar surface area (TPSA) is 52.3 Å². The van der Waals surface area contributed by atoms with Gasteiger partial charge in [0.1, 0.15) is 5.82 Å². The Kier molecular flexibility index (Phi) is 4.86. The van der Waals surface area contributed by atoms with Crippen LogP contribution in [0.5, 0.6) is 0 Å². The zero-order chi connectivity index (χ0) is 13.0. The van der Waals surface area contributed by atoms with E-state index in [0.717, 1.165) is 19.4 Å². The van der Waals surface area contributed by atoms with Crippen LogP contribution in [0, 0.1) is 5.82 Å². The van der Waals surface area contributed by atoms with E-state index in [1.165, 1.54) is 0 Å². The van der Waals surface area contributed by atoms with Crippen LogP contribution in [0.3, 0.4) is 0 Å². The number of hydrogen-bond acceptors (Lipinski definition) is 3. The van der Waals surface area contributed by atoms with Gasteiger partial charge in [0.15, 0.2) is 0 Å². The van der Waals surface area contributed by atoms with E-state index in [1.807, 2.05) is 0 Å². The highest BCUT2D eigenvalue weighted by molar-refractivity contribution is 7.84.